The fourth-order valence-corrected chi connectivity index (χ4v) is 3.80. The molecule has 0 amide bonds. The van der Waals surface area contributed by atoms with Crippen molar-refractivity contribution in [1.82, 2.24) is 0 Å². The lowest BCUT2D eigenvalue weighted by molar-refractivity contribution is -0.135. The number of aryl methyl sites for hydroxylation is 3. The number of hydrogen-bond donors (Lipinski definition) is 1. The molecular formula is C29H28O8. The molecular weight excluding hydrogens is 476 g/mol. The van der Waals surface area contributed by atoms with E-state index in [1.54, 1.807) is 72.8 Å². The summed E-state index contributed by atoms with van der Waals surface area (Å²) < 4.78 is 22.1. The fraction of sp³-hybridized carbons (Fsp3) is 0.276. The van der Waals surface area contributed by atoms with Crippen molar-refractivity contribution in [1.29, 1.82) is 0 Å². The van der Waals surface area contributed by atoms with Crippen LogP contribution in [-0.2, 0) is 18.9 Å². The Morgan fingerprint density at radius 3 is 1.46 bits per heavy atom. The molecule has 1 N–H and O–H groups in total. The average Bonchev–Trinajstić information content (AvgIpc) is 3.17. The molecule has 0 radical (unpaired) electrons. The molecule has 0 aliphatic carbocycles. The number of ether oxygens (including phenoxy) is 4. The van der Waals surface area contributed by atoms with E-state index in [0.29, 0.717) is 5.56 Å². The van der Waals surface area contributed by atoms with Crippen molar-refractivity contribution in [2.75, 3.05) is 6.61 Å². The third-order valence-electron chi connectivity index (χ3n) is 6.01. The molecule has 1 saturated heterocycles. The Kier molecular flexibility index (Phi) is 8.01. The number of hydrogen-bond acceptors (Lipinski definition) is 8. The minimum Gasteiger partial charge on any atom is -0.459 e. The molecule has 0 saturated carbocycles. The van der Waals surface area contributed by atoms with E-state index in [2.05, 4.69) is 0 Å². The van der Waals surface area contributed by atoms with Gasteiger partial charge in [-0.3, -0.25) is 0 Å². The standard InChI is InChI=1S/C29H28O8/c1-17-4-10-20(11-5-17)26(30)34-16-23-24(36-27(31)21-12-6-18(2)7-13-21)25(29(33)35-23)37-28(32)22-14-8-19(3)9-15-22/h4-15,23-25,29,33H,16H2,1-3H3/t23-,24-,25-,29?/m1/s1. The van der Waals surface area contributed by atoms with Gasteiger partial charge in [0.2, 0.25) is 0 Å². The molecule has 192 valence electrons. The minimum atomic E-state index is -1.60. The Morgan fingerprint density at radius 1 is 0.649 bits per heavy atom. The lowest BCUT2D eigenvalue weighted by Crippen LogP contribution is -2.42. The van der Waals surface area contributed by atoms with Crippen LogP contribution < -0.4 is 0 Å². The van der Waals surface area contributed by atoms with Gasteiger partial charge in [-0.2, -0.15) is 0 Å². The van der Waals surface area contributed by atoms with Gasteiger partial charge in [-0.1, -0.05) is 53.1 Å². The molecule has 8 nitrogen and oxygen atoms in total. The second-order valence-corrected chi connectivity index (χ2v) is 9.00. The van der Waals surface area contributed by atoms with Crippen molar-refractivity contribution < 1.29 is 38.4 Å². The minimum absolute atomic E-state index is 0.260. The van der Waals surface area contributed by atoms with E-state index in [4.69, 9.17) is 18.9 Å². The molecule has 4 atom stereocenters. The predicted molar refractivity (Wildman–Crippen MR) is 133 cm³/mol. The molecule has 0 aromatic heterocycles. The second-order valence-electron chi connectivity index (χ2n) is 9.00. The zero-order valence-electron chi connectivity index (χ0n) is 20.7. The molecule has 1 aliphatic rings. The van der Waals surface area contributed by atoms with Crippen molar-refractivity contribution in [2.24, 2.45) is 0 Å². The topological polar surface area (TPSA) is 108 Å². The first-order valence-electron chi connectivity index (χ1n) is 11.8. The van der Waals surface area contributed by atoms with Crippen LogP contribution in [0.25, 0.3) is 0 Å². The highest BCUT2D eigenvalue weighted by Gasteiger charge is 2.50. The Bertz CT molecular complexity index is 1250. The van der Waals surface area contributed by atoms with Gasteiger partial charge < -0.3 is 24.1 Å². The van der Waals surface area contributed by atoms with Crippen LogP contribution in [0.3, 0.4) is 0 Å². The molecule has 0 bridgehead atoms. The van der Waals surface area contributed by atoms with Gasteiger partial charge in [0.15, 0.2) is 18.5 Å². The quantitative estimate of drug-likeness (QED) is 0.381. The number of carbonyl (C=O) groups is 3. The number of esters is 3. The molecule has 1 fully saturated rings. The fourth-order valence-electron chi connectivity index (χ4n) is 3.80. The first-order valence-corrected chi connectivity index (χ1v) is 11.8. The van der Waals surface area contributed by atoms with Crippen LogP contribution in [0, 0.1) is 20.8 Å². The van der Waals surface area contributed by atoms with E-state index in [1.807, 2.05) is 20.8 Å². The number of aliphatic hydroxyl groups is 1. The van der Waals surface area contributed by atoms with Crippen molar-refractivity contribution >= 4 is 17.9 Å². The van der Waals surface area contributed by atoms with Crippen LogP contribution in [-0.4, -0.2) is 54.2 Å². The summed E-state index contributed by atoms with van der Waals surface area (Å²) in [6.07, 6.45) is -5.25. The van der Waals surface area contributed by atoms with Gasteiger partial charge in [0, 0.05) is 0 Å². The lowest BCUT2D eigenvalue weighted by atomic mass is 10.1. The van der Waals surface area contributed by atoms with Crippen molar-refractivity contribution in [3.05, 3.63) is 106 Å². The maximum Gasteiger partial charge on any atom is 0.338 e. The van der Waals surface area contributed by atoms with Crippen molar-refractivity contribution in [3.63, 3.8) is 0 Å². The van der Waals surface area contributed by atoms with E-state index in [1.165, 1.54) is 0 Å². The normalized spacial score (nSPS) is 20.8. The summed E-state index contributed by atoms with van der Waals surface area (Å²) in [6, 6.07) is 20.2. The van der Waals surface area contributed by atoms with Gasteiger partial charge in [0.25, 0.3) is 0 Å². The molecule has 1 heterocycles. The van der Waals surface area contributed by atoms with Gasteiger partial charge in [-0.15, -0.1) is 0 Å². The molecule has 3 aromatic carbocycles. The van der Waals surface area contributed by atoms with E-state index < -0.39 is 42.5 Å². The summed E-state index contributed by atoms with van der Waals surface area (Å²) in [7, 11) is 0. The van der Waals surface area contributed by atoms with Crippen LogP contribution in [0.15, 0.2) is 72.8 Å². The summed E-state index contributed by atoms with van der Waals surface area (Å²) in [5.74, 6) is -2.03. The summed E-state index contributed by atoms with van der Waals surface area (Å²) in [5, 5.41) is 10.6. The molecule has 0 spiro atoms. The van der Waals surface area contributed by atoms with Gasteiger partial charge in [-0.05, 0) is 57.2 Å². The summed E-state index contributed by atoms with van der Waals surface area (Å²) >= 11 is 0. The van der Waals surface area contributed by atoms with Crippen LogP contribution in [0.4, 0.5) is 0 Å². The molecule has 37 heavy (non-hydrogen) atoms. The average molecular weight is 505 g/mol. The largest absolute Gasteiger partial charge is 0.459 e. The first-order chi connectivity index (χ1) is 17.7. The van der Waals surface area contributed by atoms with E-state index >= 15 is 0 Å². The first kappa shape index (κ1) is 26.1. The van der Waals surface area contributed by atoms with Gasteiger partial charge in [0.1, 0.15) is 12.7 Å². The molecule has 3 aromatic rings. The highest BCUT2D eigenvalue weighted by molar-refractivity contribution is 5.91. The van der Waals surface area contributed by atoms with Crippen LogP contribution >= 0.6 is 0 Å². The van der Waals surface area contributed by atoms with E-state index in [-0.39, 0.29) is 17.7 Å². The Labute approximate surface area is 214 Å². The number of carbonyl (C=O) groups excluding carboxylic acids is 3. The number of aliphatic hydroxyl groups excluding tert-OH is 1. The summed E-state index contributed by atoms with van der Waals surface area (Å²) in [4.78, 5) is 38.2. The summed E-state index contributed by atoms with van der Waals surface area (Å²) in [6.45, 7) is 5.32. The zero-order valence-corrected chi connectivity index (χ0v) is 20.7. The number of benzene rings is 3. The SMILES string of the molecule is Cc1ccc(C(=O)OC[C@H]2OC(O)[C@H](OC(=O)c3ccc(C)cc3)[C@@H]2OC(=O)c2ccc(C)cc2)cc1. The lowest BCUT2D eigenvalue weighted by Gasteiger charge is -2.23. The molecule has 4 rings (SSSR count). The maximum absolute atomic E-state index is 12.9. The Morgan fingerprint density at radius 2 is 1.03 bits per heavy atom. The van der Waals surface area contributed by atoms with Gasteiger partial charge in [-0.25, -0.2) is 14.4 Å². The third kappa shape index (κ3) is 6.41. The van der Waals surface area contributed by atoms with Crippen LogP contribution in [0.1, 0.15) is 47.8 Å². The zero-order chi connectivity index (χ0) is 26.5. The Balaban J connectivity index is 1.52. The summed E-state index contributed by atoms with van der Waals surface area (Å²) in [5.41, 5.74) is 3.77. The van der Waals surface area contributed by atoms with Gasteiger partial charge in [0.05, 0.1) is 16.7 Å². The smallest absolute Gasteiger partial charge is 0.338 e. The second kappa shape index (κ2) is 11.4. The van der Waals surface area contributed by atoms with E-state index in [9.17, 15) is 19.5 Å². The Hall–Kier alpha value is -4.01. The highest BCUT2D eigenvalue weighted by atomic mass is 16.7. The monoisotopic (exact) mass is 504 g/mol. The van der Waals surface area contributed by atoms with Crippen molar-refractivity contribution in [3.8, 4) is 0 Å². The van der Waals surface area contributed by atoms with Crippen molar-refractivity contribution in [2.45, 2.75) is 45.4 Å². The van der Waals surface area contributed by atoms with E-state index in [0.717, 1.165) is 16.7 Å². The molecule has 8 heteroatoms. The predicted octanol–water partition coefficient (Wildman–Crippen LogP) is 3.94. The number of rotatable bonds is 7. The highest BCUT2D eigenvalue weighted by Crippen LogP contribution is 2.28. The molecule has 1 unspecified atom stereocenters. The maximum atomic E-state index is 12.9. The molecule has 1 aliphatic heterocycles. The third-order valence-corrected chi connectivity index (χ3v) is 6.01. The van der Waals surface area contributed by atoms with Crippen LogP contribution in [0.2, 0.25) is 0 Å². The van der Waals surface area contributed by atoms with Gasteiger partial charge >= 0.3 is 17.9 Å². The van der Waals surface area contributed by atoms with Crippen LogP contribution in [0.5, 0.6) is 0 Å².